The Hall–Kier alpha value is -4.60. The predicted octanol–water partition coefficient (Wildman–Crippen LogP) is 5.36. The molecule has 0 aliphatic carbocycles. The Bertz CT molecular complexity index is 2000. The largest absolute Gasteiger partial charge is 0.367 e. The summed E-state index contributed by atoms with van der Waals surface area (Å²) in [5.74, 6) is 0.157. The maximum absolute atomic E-state index is 12.9. The van der Waals surface area contributed by atoms with Crippen molar-refractivity contribution >= 4 is 57.3 Å². The Morgan fingerprint density at radius 3 is 1.82 bits per heavy atom. The van der Waals surface area contributed by atoms with Gasteiger partial charge in [0, 0.05) is 68.1 Å². The van der Waals surface area contributed by atoms with Crippen LogP contribution in [0, 0.1) is 0 Å². The fraction of sp³-hybridized carbons (Fsp3) is 0.265. The zero-order chi connectivity index (χ0) is 29.3. The fourth-order valence-corrected chi connectivity index (χ4v) is 6.35. The van der Waals surface area contributed by atoms with Crippen LogP contribution in [0.1, 0.15) is 36.0 Å². The topological polar surface area (TPSA) is 99.1 Å². The van der Waals surface area contributed by atoms with Crippen molar-refractivity contribution in [1.82, 2.24) is 24.0 Å². The lowest BCUT2D eigenvalue weighted by atomic mass is 10.0. The first-order chi connectivity index (χ1) is 21.0. The zero-order valence-corrected chi connectivity index (χ0v) is 25.2. The van der Waals surface area contributed by atoms with E-state index in [4.69, 9.17) is 0 Å². The van der Waals surface area contributed by atoms with Crippen molar-refractivity contribution in [1.29, 1.82) is 0 Å². The van der Waals surface area contributed by atoms with Crippen LogP contribution in [-0.2, 0) is 0 Å². The molecule has 5 aromatic rings. The maximum Gasteiger partial charge on any atom is 0.330 e. The van der Waals surface area contributed by atoms with E-state index in [1.54, 1.807) is 9.13 Å². The molecule has 0 amide bonds. The quantitative estimate of drug-likeness (QED) is 0.231. The van der Waals surface area contributed by atoms with Crippen LogP contribution in [0.2, 0.25) is 0 Å². The van der Waals surface area contributed by atoms with Crippen LogP contribution < -0.4 is 16.3 Å². The van der Waals surface area contributed by atoms with E-state index in [1.807, 2.05) is 72.8 Å². The number of halogens is 1. The number of aromatic amines is 2. The Morgan fingerprint density at radius 2 is 1.27 bits per heavy atom. The second kappa shape index (κ2) is 12.6. The van der Waals surface area contributed by atoms with Gasteiger partial charge in [-0.2, -0.15) is 0 Å². The molecule has 2 aromatic heterocycles. The first kappa shape index (κ1) is 29.5. The number of para-hydroxylation sites is 4. The van der Waals surface area contributed by atoms with Crippen molar-refractivity contribution in [2.24, 2.45) is 0 Å². The van der Waals surface area contributed by atoms with Crippen LogP contribution in [0.15, 0.2) is 94.5 Å². The molecule has 10 heteroatoms. The van der Waals surface area contributed by atoms with E-state index < -0.39 is 0 Å². The van der Waals surface area contributed by atoms with Gasteiger partial charge in [-0.25, -0.2) is 9.59 Å². The third-order valence-electron chi connectivity index (χ3n) is 8.64. The molecule has 0 saturated heterocycles. The molecule has 9 nitrogen and oxygen atoms in total. The molecule has 44 heavy (non-hydrogen) atoms. The summed E-state index contributed by atoms with van der Waals surface area (Å²) >= 11 is 0. The van der Waals surface area contributed by atoms with Gasteiger partial charge in [0.25, 0.3) is 0 Å². The van der Waals surface area contributed by atoms with Gasteiger partial charge in [0.05, 0.1) is 22.1 Å². The molecule has 3 aromatic carbocycles. The Labute approximate surface area is 260 Å². The molecule has 226 valence electrons. The molecular formula is C34H35ClN6O3. The van der Waals surface area contributed by atoms with Crippen molar-refractivity contribution in [2.45, 2.75) is 25.7 Å². The Morgan fingerprint density at radius 1 is 0.705 bits per heavy atom. The number of hydrogen-bond donors (Lipinski definition) is 2. The fourth-order valence-electron chi connectivity index (χ4n) is 6.35. The monoisotopic (exact) mass is 610 g/mol. The summed E-state index contributed by atoms with van der Waals surface area (Å²) < 4.78 is 3.56. The third-order valence-corrected chi connectivity index (χ3v) is 8.64. The SMILES string of the molecule is Cl.O=C(CCCN1CC=C(n2c(=O)[nH]c3ccccc32)CC1)c1ccc(N2CC=C(n3c(=O)[nH]c4ccccc43)CC2)cc1. The van der Waals surface area contributed by atoms with Crippen molar-refractivity contribution in [3.05, 3.63) is 111 Å². The molecule has 2 N–H and O–H groups in total. The molecule has 0 saturated carbocycles. The van der Waals surface area contributed by atoms with E-state index in [0.717, 1.165) is 90.2 Å². The molecule has 7 rings (SSSR count). The number of H-pyrrole nitrogens is 2. The molecule has 4 heterocycles. The minimum Gasteiger partial charge on any atom is -0.367 e. The van der Waals surface area contributed by atoms with E-state index in [0.29, 0.717) is 13.0 Å². The van der Waals surface area contributed by atoms with Gasteiger partial charge in [-0.15, -0.1) is 12.4 Å². The number of rotatable bonds is 8. The number of carbonyl (C=O) groups excluding carboxylic acids is 1. The number of Topliss-reactive ketones (excluding diaryl/α,β-unsaturated/α-hetero) is 1. The van der Waals surface area contributed by atoms with Crippen LogP contribution in [0.5, 0.6) is 0 Å². The molecule has 2 aliphatic rings. The number of ketones is 1. The predicted molar refractivity (Wildman–Crippen MR) is 179 cm³/mol. The number of hydrogen-bond acceptors (Lipinski definition) is 5. The highest BCUT2D eigenvalue weighted by atomic mass is 35.5. The standard InChI is InChI=1S/C34H34N6O3.ClH/c41-32(10-5-19-37-20-15-26(16-21-37)39-30-8-3-1-6-28(30)35-33(39)42)24-11-13-25(14-12-24)38-22-17-27(18-23-38)40-31-9-4-2-7-29(31)36-34(40)43;/h1-4,6-9,11-15,17H,5,10,16,18-23H2,(H,35,42)(H,36,43);1H. The smallest absolute Gasteiger partial charge is 0.330 e. The highest BCUT2D eigenvalue weighted by Gasteiger charge is 2.19. The lowest BCUT2D eigenvalue weighted by Gasteiger charge is -2.28. The van der Waals surface area contributed by atoms with Crippen LogP contribution in [0.3, 0.4) is 0 Å². The normalized spacial score (nSPS) is 15.7. The van der Waals surface area contributed by atoms with E-state index in [-0.39, 0.29) is 29.6 Å². The highest BCUT2D eigenvalue weighted by molar-refractivity contribution is 5.96. The van der Waals surface area contributed by atoms with Gasteiger partial charge < -0.3 is 14.9 Å². The summed E-state index contributed by atoms with van der Waals surface area (Å²) in [6.45, 7) is 3.98. The third kappa shape index (κ3) is 5.68. The lowest BCUT2D eigenvalue weighted by molar-refractivity contribution is 0.0975. The van der Waals surface area contributed by atoms with E-state index in [2.05, 4.69) is 31.9 Å². The lowest BCUT2D eigenvalue weighted by Crippen LogP contribution is -2.32. The van der Waals surface area contributed by atoms with Crippen molar-refractivity contribution in [2.75, 3.05) is 37.6 Å². The van der Waals surface area contributed by atoms with E-state index >= 15 is 0 Å². The number of carbonyl (C=O) groups is 1. The van der Waals surface area contributed by atoms with Crippen LogP contribution in [-0.4, -0.2) is 62.5 Å². The van der Waals surface area contributed by atoms with Gasteiger partial charge in [-0.3, -0.25) is 18.8 Å². The summed E-state index contributed by atoms with van der Waals surface area (Å²) in [5, 5.41) is 0. The van der Waals surface area contributed by atoms with Crippen molar-refractivity contribution < 1.29 is 4.79 Å². The van der Waals surface area contributed by atoms with Gasteiger partial charge in [0.1, 0.15) is 0 Å². The van der Waals surface area contributed by atoms with Gasteiger partial charge in [-0.05, 0) is 67.6 Å². The van der Waals surface area contributed by atoms with E-state index in [9.17, 15) is 14.4 Å². The van der Waals surface area contributed by atoms with E-state index in [1.165, 1.54) is 0 Å². The second-order valence-corrected chi connectivity index (χ2v) is 11.3. The molecular weight excluding hydrogens is 576 g/mol. The van der Waals surface area contributed by atoms with Gasteiger partial charge in [0.15, 0.2) is 5.78 Å². The minimum atomic E-state index is -0.104. The van der Waals surface area contributed by atoms with Crippen LogP contribution in [0.4, 0.5) is 5.69 Å². The zero-order valence-electron chi connectivity index (χ0n) is 24.4. The van der Waals surface area contributed by atoms with Crippen molar-refractivity contribution in [3.8, 4) is 0 Å². The number of nitrogens with one attached hydrogen (secondary N) is 2. The number of fused-ring (bicyclic) bond motifs is 2. The number of benzene rings is 3. The summed E-state index contributed by atoms with van der Waals surface area (Å²) in [7, 11) is 0. The van der Waals surface area contributed by atoms with Crippen LogP contribution >= 0.6 is 12.4 Å². The minimum absolute atomic E-state index is 0. The van der Waals surface area contributed by atoms with Gasteiger partial charge >= 0.3 is 11.4 Å². The molecule has 2 aliphatic heterocycles. The molecule has 0 unspecified atom stereocenters. The molecule has 0 atom stereocenters. The summed E-state index contributed by atoms with van der Waals surface area (Å²) in [6, 6.07) is 23.4. The van der Waals surface area contributed by atoms with Crippen molar-refractivity contribution in [3.63, 3.8) is 0 Å². The maximum atomic E-state index is 12.9. The molecule has 0 radical (unpaired) electrons. The molecule has 0 spiro atoms. The summed E-state index contributed by atoms with van der Waals surface area (Å²) in [5.41, 5.74) is 7.16. The first-order valence-electron chi connectivity index (χ1n) is 14.9. The van der Waals surface area contributed by atoms with Gasteiger partial charge in [-0.1, -0.05) is 30.3 Å². The average molecular weight is 611 g/mol. The summed E-state index contributed by atoms with van der Waals surface area (Å²) in [4.78, 5) is 48.5. The average Bonchev–Trinajstić information content (AvgIpc) is 3.56. The Balaban J connectivity index is 0.00000343. The number of nitrogens with zero attached hydrogens (tertiary/aromatic N) is 4. The first-order valence-corrected chi connectivity index (χ1v) is 14.9. The van der Waals surface area contributed by atoms with Gasteiger partial charge in [0.2, 0.25) is 0 Å². The number of imidazole rings is 2. The second-order valence-electron chi connectivity index (χ2n) is 11.3. The van der Waals surface area contributed by atoms with Crippen LogP contribution in [0.25, 0.3) is 33.5 Å². The number of aromatic nitrogens is 4. The Kier molecular flexibility index (Phi) is 8.41. The molecule has 0 bridgehead atoms. The highest BCUT2D eigenvalue weighted by Crippen LogP contribution is 2.25. The number of anilines is 1. The molecule has 0 fully saturated rings. The summed E-state index contributed by atoms with van der Waals surface area (Å²) in [6.07, 6.45) is 7.09.